The van der Waals surface area contributed by atoms with Crippen LogP contribution in [-0.2, 0) is 0 Å². The number of nitriles is 2. The summed E-state index contributed by atoms with van der Waals surface area (Å²) in [6.45, 7) is 7.49. The van der Waals surface area contributed by atoms with Crippen molar-refractivity contribution < 1.29 is 0 Å². The van der Waals surface area contributed by atoms with Crippen molar-refractivity contribution in [1.82, 2.24) is 0 Å². The van der Waals surface area contributed by atoms with Crippen LogP contribution in [0.2, 0.25) is 0 Å². The average molecular weight is 387 g/mol. The zero-order chi connectivity index (χ0) is 21.5. The van der Waals surface area contributed by atoms with Gasteiger partial charge in [-0.3, -0.25) is 0 Å². The number of hydrogen-bond acceptors (Lipinski definition) is 3. The van der Waals surface area contributed by atoms with Crippen LogP contribution in [0.1, 0.15) is 22.3 Å². The van der Waals surface area contributed by atoms with Gasteiger partial charge in [0.2, 0.25) is 0 Å². The van der Waals surface area contributed by atoms with E-state index in [-0.39, 0.29) is 0 Å². The van der Waals surface area contributed by atoms with Gasteiger partial charge in [-0.2, -0.15) is 10.5 Å². The molecule has 0 unspecified atom stereocenters. The summed E-state index contributed by atoms with van der Waals surface area (Å²) in [6.07, 6.45) is 3.68. The molecule has 0 aliphatic carbocycles. The Kier molecular flexibility index (Phi) is 6.28. The topological polar surface area (TPSA) is 50.8 Å². The van der Waals surface area contributed by atoms with Crippen molar-refractivity contribution in [2.24, 2.45) is 0 Å². The third-order valence-corrected chi connectivity index (χ3v) is 4.91. The van der Waals surface area contributed by atoms with E-state index in [4.69, 9.17) is 5.26 Å². The Morgan fingerprint density at radius 1 is 0.767 bits per heavy atom. The molecule has 0 fully saturated rings. The smallest absolute Gasteiger partial charge is 0.0998 e. The Balaban J connectivity index is 1.81. The summed E-state index contributed by atoms with van der Waals surface area (Å²) in [6, 6.07) is 27.8. The van der Waals surface area contributed by atoms with E-state index in [1.807, 2.05) is 85.9 Å². The number of rotatable bonds is 6. The molecule has 0 saturated carbocycles. The minimum absolute atomic E-state index is 0.405. The zero-order valence-corrected chi connectivity index (χ0v) is 16.8. The van der Waals surface area contributed by atoms with Gasteiger partial charge in [-0.1, -0.05) is 67.8 Å². The molecule has 0 aliphatic heterocycles. The minimum atomic E-state index is 0.405. The summed E-state index contributed by atoms with van der Waals surface area (Å²) in [4.78, 5) is 2.10. The highest BCUT2D eigenvalue weighted by Gasteiger charge is 2.06. The standard InChI is InChI=1S/C27H21N3/c1-4-21-5-13-26(14-6-21)30(3)27-15-7-22(8-16-27)17-25(19-29)24-11-9-23(10-12-24)20(2)18-28/h4-17H,1-2H2,3H3. The SMILES string of the molecule is C=Cc1ccc(N(C)c2ccc(C=C(C#N)c3ccc(C(=C)C#N)cc3)cc2)cc1. The van der Waals surface area contributed by atoms with E-state index in [1.165, 1.54) is 0 Å². The summed E-state index contributed by atoms with van der Waals surface area (Å²) >= 11 is 0. The molecule has 30 heavy (non-hydrogen) atoms. The van der Waals surface area contributed by atoms with Crippen molar-refractivity contribution in [3.8, 4) is 12.1 Å². The maximum Gasteiger partial charge on any atom is 0.0998 e. The number of nitrogens with zero attached hydrogens (tertiary/aromatic N) is 3. The van der Waals surface area contributed by atoms with Gasteiger partial charge in [0.25, 0.3) is 0 Å². The maximum absolute atomic E-state index is 9.60. The molecular weight excluding hydrogens is 366 g/mol. The van der Waals surface area contributed by atoms with Gasteiger partial charge >= 0.3 is 0 Å². The van der Waals surface area contributed by atoms with Gasteiger partial charge in [0, 0.05) is 18.4 Å². The van der Waals surface area contributed by atoms with Crippen LogP contribution in [-0.4, -0.2) is 7.05 Å². The number of allylic oxidation sites excluding steroid dienone is 2. The fraction of sp³-hybridized carbons (Fsp3) is 0.0370. The van der Waals surface area contributed by atoms with E-state index in [0.29, 0.717) is 11.1 Å². The lowest BCUT2D eigenvalue weighted by molar-refractivity contribution is 1.21. The second kappa shape index (κ2) is 9.24. The number of anilines is 2. The van der Waals surface area contributed by atoms with Crippen molar-refractivity contribution >= 4 is 34.7 Å². The monoisotopic (exact) mass is 387 g/mol. The molecule has 0 bridgehead atoms. The third kappa shape index (κ3) is 4.55. The van der Waals surface area contributed by atoms with Crippen molar-refractivity contribution in [3.63, 3.8) is 0 Å². The lowest BCUT2D eigenvalue weighted by atomic mass is 10.0. The van der Waals surface area contributed by atoms with E-state index < -0.39 is 0 Å². The summed E-state index contributed by atoms with van der Waals surface area (Å²) in [5, 5.41) is 18.5. The molecule has 0 spiro atoms. The quantitative estimate of drug-likeness (QED) is 0.349. The van der Waals surface area contributed by atoms with E-state index in [2.05, 4.69) is 36.3 Å². The lowest BCUT2D eigenvalue weighted by Gasteiger charge is -2.20. The van der Waals surface area contributed by atoms with E-state index >= 15 is 0 Å². The molecule has 3 rings (SSSR count). The van der Waals surface area contributed by atoms with E-state index in [0.717, 1.165) is 33.6 Å². The van der Waals surface area contributed by atoms with Crippen molar-refractivity contribution in [1.29, 1.82) is 10.5 Å². The Labute approximate surface area is 177 Å². The Morgan fingerprint density at radius 3 is 1.73 bits per heavy atom. The van der Waals surface area contributed by atoms with Crippen LogP contribution in [0.25, 0.3) is 23.3 Å². The first-order valence-electron chi connectivity index (χ1n) is 9.43. The second-order valence-electron chi connectivity index (χ2n) is 6.78. The molecule has 0 aliphatic rings. The van der Waals surface area contributed by atoms with Crippen LogP contribution >= 0.6 is 0 Å². The van der Waals surface area contributed by atoms with E-state index in [1.54, 1.807) is 0 Å². The largest absolute Gasteiger partial charge is 0.345 e. The van der Waals surface area contributed by atoms with Gasteiger partial charge in [0.1, 0.15) is 0 Å². The van der Waals surface area contributed by atoms with Crippen molar-refractivity contribution in [3.05, 3.63) is 108 Å². The molecule has 3 nitrogen and oxygen atoms in total. The summed E-state index contributed by atoms with van der Waals surface area (Å²) in [7, 11) is 2.02. The molecular formula is C27H21N3. The lowest BCUT2D eigenvalue weighted by Crippen LogP contribution is -2.08. The molecule has 0 aromatic heterocycles. The van der Waals surface area contributed by atoms with Crippen LogP contribution < -0.4 is 4.90 Å². The molecule has 0 heterocycles. The predicted molar refractivity (Wildman–Crippen MR) is 126 cm³/mol. The van der Waals surface area contributed by atoms with Crippen molar-refractivity contribution in [2.45, 2.75) is 0 Å². The first-order chi connectivity index (χ1) is 14.5. The molecule has 0 radical (unpaired) electrons. The van der Waals surface area contributed by atoms with Crippen LogP contribution in [0.5, 0.6) is 0 Å². The highest BCUT2D eigenvalue weighted by atomic mass is 15.1. The Morgan fingerprint density at radius 2 is 1.27 bits per heavy atom. The van der Waals surface area contributed by atoms with Gasteiger partial charge in [-0.15, -0.1) is 0 Å². The summed E-state index contributed by atoms with van der Waals surface area (Å²) in [5.74, 6) is 0. The molecule has 0 saturated heterocycles. The first kappa shape index (κ1) is 20.4. The Hall–Kier alpha value is -4.34. The highest BCUT2D eigenvalue weighted by molar-refractivity contribution is 5.90. The maximum atomic E-state index is 9.60. The molecule has 0 amide bonds. The van der Waals surface area contributed by atoms with Crippen LogP contribution in [0.4, 0.5) is 11.4 Å². The predicted octanol–water partition coefficient (Wildman–Crippen LogP) is 6.70. The van der Waals surface area contributed by atoms with Crippen molar-refractivity contribution in [2.75, 3.05) is 11.9 Å². The van der Waals surface area contributed by atoms with Gasteiger partial charge in [-0.25, -0.2) is 0 Å². The summed E-state index contributed by atoms with van der Waals surface area (Å²) < 4.78 is 0. The minimum Gasteiger partial charge on any atom is -0.345 e. The molecule has 3 aromatic carbocycles. The van der Waals surface area contributed by atoms with Gasteiger partial charge < -0.3 is 4.90 Å². The van der Waals surface area contributed by atoms with Crippen LogP contribution in [0, 0.1) is 22.7 Å². The zero-order valence-electron chi connectivity index (χ0n) is 16.8. The molecule has 3 aromatic rings. The van der Waals surface area contributed by atoms with Gasteiger partial charge in [0.15, 0.2) is 0 Å². The fourth-order valence-corrected chi connectivity index (χ4v) is 3.04. The number of benzene rings is 3. The third-order valence-electron chi connectivity index (χ3n) is 4.91. The normalized spacial score (nSPS) is 10.6. The molecule has 144 valence electrons. The van der Waals surface area contributed by atoms with Crippen LogP contribution in [0.3, 0.4) is 0 Å². The average Bonchev–Trinajstić information content (AvgIpc) is 2.82. The van der Waals surface area contributed by atoms with Crippen LogP contribution in [0.15, 0.2) is 86.0 Å². The molecule has 0 atom stereocenters. The fourth-order valence-electron chi connectivity index (χ4n) is 3.04. The molecule has 0 N–H and O–H groups in total. The highest BCUT2D eigenvalue weighted by Crippen LogP contribution is 2.26. The summed E-state index contributed by atoms with van der Waals surface area (Å²) in [5.41, 5.74) is 6.69. The van der Waals surface area contributed by atoms with Gasteiger partial charge in [-0.05, 0) is 52.6 Å². The first-order valence-corrected chi connectivity index (χ1v) is 9.43. The molecule has 3 heteroatoms. The van der Waals surface area contributed by atoms with Gasteiger partial charge in [0.05, 0.1) is 23.3 Å². The number of hydrogen-bond donors (Lipinski definition) is 0. The Bertz CT molecular complexity index is 1170. The second-order valence-corrected chi connectivity index (χ2v) is 6.78. The van der Waals surface area contributed by atoms with E-state index in [9.17, 15) is 5.26 Å².